The third kappa shape index (κ3) is 70.5. The molecule has 0 aromatic heterocycles. The van der Waals surface area contributed by atoms with Gasteiger partial charge in [0.1, 0.15) is 13.2 Å². The molecule has 0 aromatic carbocycles. The molecule has 0 aliphatic carbocycles. The van der Waals surface area contributed by atoms with Gasteiger partial charge in [0.2, 0.25) is 0 Å². The van der Waals surface area contributed by atoms with Crippen LogP contribution in [0, 0.1) is 0 Å². The number of esters is 2. The van der Waals surface area contributed by atoms with Gasteiger partial charge in [-0.3, -0.25) is 9.59 Å². The minimum Gasteiger partial charge on any atom is -0.477 e. The van der Waals surface area contributed by atoms with Crippen molar-refractivity contribution in [3.63, 3.8) is 0 Å². The van der Waals surface area contributed by atoms with Crippen molar-refractivity contribution in [2.24, 2.45) is 0 Å². The first kappa shape index (κ1) is 84.2. The molecule has 0 heterocycles. The van der Waals surface area contributed by atoms with E-state index < -0.39 is 24.3 Å². The van der Waals surface area contributed by atoms with Crippen molar-refractivity contribution in [1.29, 1.82) is 0 Å². The zero-order chi connectivity index (χ0) is 64.7. The quantitative estimate of drug-likeness (QED) is 0.0211. The minimum atomic E-state index is -1.52. The van der Waals surface area contributed by atoms with Crippen molar-refractivity contribution in [2.75, 3.05) is 47.5 Å². The van der Waals surface area contributed by atoms with Crippen molar-refractivity contribution in [2.45, 2.75) is 296 Å². The number of hydrogen-bond donors (Lipinski definition) is 1. The van der Waals surface area contributed by atoms with Gasteiger partial charge in [0.25, 0.3) is 6.29 Å². The van der Waals surface area contributed by atoms with Crippen LogP contribution in [0.5, 0.6) is 0 Å². The van der Waals surface area contributed by atoms with Gasteiger partial charge in [0.15, 0.2) is 6.10 Å². The highest BCUT2D eigenvalue weighted by Crippen LogP contribution is 2.17. The number of hydrogen-bond acceptors (Lipinski definition) is 7. The highest BCUT2D eigenvalue weighted by molar-refractivity contribution is 5.71. The Morgan fingerprint density at radius 1 is 0.337 bits per heavy atom. The number of likely N-dealkylation sites (N-methyl/N-ethyl adjacent to an activating group) is 1. The van der Waals surface area contributed by atoms with Crippen molar-refractivity contribution in [3.05, 3.63) is 146 Å². The summed E-state index contributed by atoms with van der Waals surface area (Å²) in [5, 5.41) is 9.75. The number of carbonyl (C=O) groups excluding carboxylic acids is 2. The van der Waals surface area contributed by atoms with Gasteiger partial charge in [-0.1, -0.05) is 301 Å². The summed E-state index contributed by atoms with van der Waals surface area (Å²) in [6, 6.07) is 0. The van der Waals surface area contributed by atoms with Gasteiger partial charge >= 0.3 is 17.9 Å². The fourth-order valence-electron chi connectivity index (χ4n) is 9.67. The SMILES string of the molecule is CC/C=C\C/C=C\C/C=C\C/C=C\C/C=C\C/C=C\C/C=C\C/C=C\CCCCCCCCCCCCCCCCCCC(=O)OC(COC(=O)CCCCCCCCCCCC/C=C\C/C=C\C/C=C\C/C=C\CC)COC(OCC[N+](C)(C)C)C(=O)O. The lowest BCUT2D eigenvalue weighted by Gasteiger charge is -2.25. The second kappa shape index (κ2) is 69.1. The molecule has 0 saturated heterocycles. The molecular formula is C80H134NO8+. The standard InChI is InChI=1S/C80H133NO8/c1-6-8-10-12-14-16-18-20-22-24-26-28-30-31-32-33-34-35-36-37-38-39-40-41-42-43-44-45-46-47-49-51-53-55-57-59-61-63-65-67-69-71-78(83)89-76(75-88-80(79(84)85)86-73-72-81(3,4)5)74-87-77(82)70-68-66-64-62-60-58-56-54-52-50-48-29-27-25-23-21-19-17-15-13-11-9-7-2/h8-11,14-17,20-23,26-29,31-32,34-35,37-38,40-41,76,80H,6-7,12-13,18-19,24-25,30,33,36,39,42-75H2,1-5H3/p+1/b10-8-,11-9-,16-14-,17-15-,22-20-,23-21-,28-26-,29-27-,32-31-,35-34-,38-37-,41-40-. The maximum absolute atomic E-state index is 13.0. The fourth-order valence-corrected chi connectivity index (χ4v) is 9.67. The largest absolute Gasteiger partial charge is 0.477 e. The summed E-state index contributed by atoms with van der Waals surface area (Å²) in [5.41, 5.74) is 0. The Balaban J connectivity index is 4.08. The number of allylic oxidation sites excluding steroid dienone is 24. The number of unbranched alkanes of at least 4 members (excludes halogenated alkanes) is 26. The van der Waals surface area contributed by atoms with Crippen LogP contribution in [-0.2, 0) is 33.3 Å². The lowest BCUT2D eigenvalue weighted by Crippen LogP contribution is -2.40. The van der Waals surface area contributed by atoms with Crippen LogP contribution >= 0.6 is 0 Å². The van der Waals surface area contributed by atoms with E-state index in [0.29, 0.717) is 23.9 Å². The van der Waals surface area contributed by atoms with E-state index in [0.717, 1.165) is 116 Å². The van der Waals surface area contributed by atoms with Gasteiger partial charge in [0, 0.05) is 12.8 Å². The van der Waals surface area contributed by atoms with E-state index in [1.165, 1.54) is 135 Å². The molecule has 0 aliphatic heterocycles. The zero-order valence-electron chi connectivity index (χ0n) is 57.8. The van der Waals surface area contributed by atoms with Gasteiger partial charge in [-0.25, -0.2) is 4.79 Å². The second-order valence-electron chi connectivity index (χ2n) is 24.8. The van der Waals surface area contributed by atoms with Gasteiger partial charge in [-0.15, -0.1) is 0 Å². The number of carbonyl (C=O) groups is 3. The Bertz CT molecular complexity index is 1970. The Morgan fingerprint density at radius 3 is 0.899 bits per heavy atom. The van der Waals surface area contributed by atoms with Crippen molar-refractivity contribution < 1.29 is 42.9 Å². The van der Waals surface area contributed by atoms with Crippen LogP contribution < -0.4 is 0 Å². The molecular weight excluding hydrogens is 1100 g/mol. The average molecular weight is 1240 g/mol. The summed E-state index contributed by atoms with van der Waals surface area (Å²) in [6.45, 7) is 4.65. The highest BCUT2D eigenvalue weighted by Gasteiger charge is 2.25. The molecule has 0 aromatic rings. The highest BCUT2D eigenvalue weighted by atomic mass is 16.7. The molecule has 0 rings (SSSR count). The summed E-state index contributed by atoms with van der Waals surface area (Å²) < 4.78 is 23.0. The van der Waals surface area contributed by atoms with Gasteiger partial charge in [-0.05, 0) is 116 Å². The Hall–Kier alpha value is -4.83. The van der Waals surface area contributed by atoms with E-state index in [1.807, 2.05) is 21.1 Å². The van der Waals surface area contributed by atoms with Crippen molar-refractivity contribution >= 4 is 17.9 Å². The molecule has 0 saturated carbocycles. The first-order valence-corrected chi connectivity index (χ1v) is 36.0. The number of ether oxygens (including phenoxy) is 4. The van der Waals surface area contributed by atoms with E-state index in [9.17, 15) is 19.5 Å². The van der Waals surface area contributed by atoms with E-state index in [4.69, 9.17) is 18.9 Å². The maximum atomic E-state index is 13.0. The normalized spacial score (nSPS) is 13.6. The second-order valence-corrected chi connectivity index (χ2v) is 24.8. The third-order valence-corrected chi connectivity index (χ3v) is 15.1. The van der Waals surface area contributed by atoms with Crippen LogP contribution in [0.3, 0.4) is 0 Å². The van der Waals surface area contributed by atoms with Crippen LogP contribution in [-0.4, -0.2) is 87.4 Å². The predicted molar refractivity (Wildman–Crippen MR) is 382 cm³/mol. The lowest BCUT2D eigenvalue weighted by atomic mass is 10.0. The predicted octanol–water partition coefficient (Wildman–Crippen LogP) is 22.7. The first-order chi connectivity index (χ1) is 43.6. The monoisotopic (exact) mass is 1240 g/mol. The Morgan fingerprint density at radius 2 is 0.607 bits per heavy atom. The number of quaternary nitrogens is 1. The van der Waals surface area contributed by atoms with E-state index in [-0.39, 0.29) is 32.2 Å². The topological polar surface area (TPSA) is 108 Å². The van der Waals surface area contributed by atoms with Crippen LogP contribution in [0.4, 0.5) is 0 Å². The van der Waals surface area contributed by atoms with E-state index in [2.05, 4.69) is 160 Å². The average Bonchev–Trinajstić information content (AvgIpc) is 3.64. The lowest BCUT2D eigenvalue weighted by molar-refractivity contribution is -0.870. The molecule has 0 fully saturated rings. The van der Waals surface area contributed by atoms with Crippen molar-refractivity contribution in [3.8, 4) is 0 Å². The van der Waals surface area contributed by atoms with Gasteiger partial charge in [-0.2, -0.15) is 0 Å². The van der Waals surface area contributed by atoms with Crippen LogP contribution in [0.15, 0.2) is 146 Å². The smallest absolute Gasteiger partial charge is 0.361 e. The summed E-state index contributed by atoms with van der Waals surface area (Å²) >= 11 is 0. The van der Waals surface area contributed by atoms with Gasteiger partial charge < -0.3 is 28.5 Å². The van der Waals surface area contributed by atoms with Crippen molar-refractivity contribution in [1.82, 2.24) is 0 Å². The summed E-state index contributed by atoms with van der Waals surface area (Å²) in [5.74, 6) is -2.01. The summed E-state index contributed by atoms with van der Waals surface area (Å²) in [7, 11) is 5.97. The molecule has 0 amide bonds. The molecule has 0 radical (unpaired) electrons. The molecule has 2 unspecified atom stereocenters. The number of aliphatic carboxylic acids is 1. The molecule has 506 valence electrons. The zero-order valence-corrected chi connectivity index (χ0v) is 57.8. The van der Waals surface area contributed by atoms with Crippen LogP contribution in [0.1, 0.15) is 284 Å². The molecule has 2 atom stereocenters. The summed E-state index contributed by atoms with van der Waals surface area (Å²) in [6.07, 6.45) is 98.2. The third-order valence-electron chi connectivity index (χ3n) is 15.1. The van der Waals surface area contributed by atoms with Gasteiger partial charge in [0.05, 0.1) is 34.4 Å². The number of carboxylic acids is 1. The molecule has 0 spiro atoms. The Kier molecular flexibility index (Phi) is 65.3. The number of carboxylic acid groups (broad SMARTS) is 1. The minimum absolute atomic E-state index is 0.182. The molecule has 89 heavy (non-hydrogen) atoms. The molecule has 9 nitrogen and oxygen atoms in total. The summed E-state index contributed by atoms with van der Waals surface area (Å²) in [4.78, 5) is 37.6. The molecule has 1 N–H and O–H groups in total. The van der Waals surface area contributed by atoms with Crippen LogP contribution in [0.25, 0.3) is 0 Å². The number of rotatable bonds is 65. The van der Waals surface area contributed by atoms with E-state index >= 15 is 0 Å². The fraction of sp³-hybridized carbons (Fsp3) is 0.662. The number of nitrogens with zero attached hydrogens (tertiary/aromatic N) is 1. The van der Waals surface area contributed by atoms with E-state index in [1.54, 1.807) is 0 Å². The molecule has 0 bridgehead atoms. The maximum Gasteiger partial charge on any atom is 0.361 e. The molecule has 9 heteroatoms. The first-order valence-electron chi connectivity index (χ1n) is 36.0. The Labute approximate surface area is 547 Å². The molecule has 0 aliphatic rings. The van der Waals surface area contributed by atoms with Crippen LogP contribution in [0.2, 0.25) is 0 Å².